The summed E-state index contributed by atoms with van der Waals surface area (Å²) in [5, 5.41) is 4.41. The molecule has 0 bridgehead atoms. The maximum absolute atomic E-state index is 4.59. The fourth-order valence-corrected chi connectivity index (χ4v) is 5.53. The molecular formula is C32H20N6. The van der Waals surface area contributed by atoms with Crippen molar-refractivity contribution in [3.8, 4) is 22.5 Å². The van der Waals surface area contributed by atoms with Crippen LogP contribution in [-0.4, -0.2) is 29.1 Å². The Morgan fingerprint density at radius 3 is 1.29 bits per heavy atom. The van der Waals surface area contributed by atoms with Gasteiger partial charge in [0, 0.05) is 45.3 Å². The van der Waals surface area contributed by atoms with E-state index < -0.39 is 0 Å². The van der Waals surface area contributed by atoms with Crippen molar-refractivity contribution in [1.29, 1.82) is 0 Å². The highest BCUT2D eigenvalue weighted by molar-refractivity contribution is 6.08. The Balaban J connectivity index is 1.20. The smallest absolute Gasteiger partial charge is 0.148 e. The van der Waals surface area contributed by atoms with Crippen molar-refractivity contribution in [2.45, 2.75) is 0 Å². The van der Waals surface area contributed by atoms with Gasteiger partial charge in [-0.15, -0.1) is 0 Å². The number of aromatic nitrogens is 6. The first kappa shape index (κ1) is 20.8. The van der Waals surface area contributed by atoms with Crippen molar-refractivity contribution < 1.29 is 0 Å². The first-order valence-electron chi connectivity index (χ1n) is 12.5. The van der Waals surface area contributed by atoms with Gasteiger partial charge in [-0.1, -0.05) is 60.7 Å². The van der Waals surface area contributed by atoms with E-state index in [1.165, 1.54) is 0 Å². The molecule has 6 heteroatoms. The third-order valence-corrected chi connectivity index (χ3v) is 7.26. The second kappa shape index (κ2) is 8.08. The third-order valence-electron chi connectivity index (χ3n) is 7.26. The summed E-state index contributed by atoms with van der Waals surface area (Å²) in [6.45, 7) is 0. The van der Waals surface area contributed by atoms with E-state index in [1.54, 1.807) is 12.7 Å². The lowest BCUT2D eigenvalue weighted by Gasteiger charge is -2.10. The highest BCUT2D eigenvalue weighted by atomic mass is 15.1. The first-order chi connectivity index (χ1) is 18.9. The van der Waals surface area contributed by atoms with Crippen LogP contribution >= 0.6 is 0 Å². The van der Waals surface area contributed by atoms with Gasteiger partial charge in [0.05, 0.1) is 11.0 Å². The van der Waals surface area contributed by atoms with E-state index in [-0.39, 0.29) is 0 Å². The van der Waals surface area contributed by atoms with Crippen molar-refractivity contribution >= 4 is 43.9 Å². The van der Waals surface area contributed by atoms with E-state index >= 15 is 0 Å². The molecule has 4 aromatic carbocycles. The third kappa shape index (κ3) is 3.01. The maximum Gasteiger partial charge on any atom is 0.148 e. The van der Waals surface area contributed by atoms with Gasteiger partial charge in [-0.25, -0.2) is 19.9 Å². The average Bonchev–Trinajstić information content (AvgIpc) is 3.51. The summed E-state index contributed by atoms with van der Waals surface area (Å²) >= 11 is 0. The SMILES string of the molecule is c1ccc2c(c1)c1cncnc1n2-c1ccc(-c2ccc(-n3c4ccccc4c4cncnc43)cc2)cc1. The van der Waals surface area contributed by atoms with Crippen molar-refractivity contribution in [2.24, 2.45) is 0 Å². The molecule has 0 radical (unpaired) electrons. The Morgan fingerprint density at radius 2 is 0.842 bits per heavy atom. The van der Waals surface area contributed by atoms with Crippen LogP contribution < -0.4 is 0 Å². The van der Waals surface area contributed by atoms with E-state index in [2.05, 4.69) is 126 Å². The summed E-state index contributed by atoms with van der Waals surface area (Å²) in [6, 6.07) is 34.0. The van der Waals surface area contributed by atoms with E-state index in [9.17, 15) is 0 Å². The maximum atomic E-state index is 4.59. The number of para-hydroxylation sites is 2. The fourth-order valence-electron chi connectivity index (χ4n) is 5.53. The molecule has 8 aromatic rings. The molecule has 8 rings (SSSR count). The Hall–Kier alpha value is -5.36. The molecule has 0 aliphatic carbocycles. The van der Waals surface area contributed by atoms with Crippen LogP contribution in [0.5, 0.6) is 0 Å². The van der Waals surface area contributed by atoms with Gasteiger partial charge in [0.15, 0.2) is 0 Å². The Kier molecular flexibility index (Phi) is 4.42. The number of rotatable bonds is 3. The molecule has 0 unspecified atom stereocenters. The number of fused-ring (bicyclic) bond motifs is 6. The van der Waals surface area contributed by atoms with E-state index in [0.717, 1.165) is 66.4 Å². The lowest BCUT2D eigenvalue weighted by Crippen LogP contribution is -1.96. The summed E-state index contributed by atoms with van der Waals surface area (Å²) in [5.74, 6) is 0. The van der Waals surface area contributed by atoms with Crippen LogP contribution in [0, 0.1) is 0 Å². The molecule has 0 fully saturated rings. The topological polar surface area (TPSA) is 61.4 Å². The van der Waals surface area contributed by atoms with Gasteiger partial charge in [-0.2, -0.15) is 0 Å². The van der Waals surface area contributed by atoms with Crippen molar-refractivity contribution in [1.82, 2.24) is 29.1 Å². The number of benzene rings is 4. The largest absolute Gasteiger partial charge is 0.294 e. The van der Waals surface area contributed by atoms with Crippen LogP contribution in [0.1, 0.15) is 0 Å². The molecule has 0 amide bonds. The Morgan fingerprint density at radius 1 is 0.421 bits per heavy atom. The van der Waals surface area contributed by atoms with Crippen molar-refractivity contribution in [3.05, 3.63) is 122 Å². The van der Waals surface area contributed by atoms with Crippen molar-refractivity contribution in [2.75, 3.05) is 0 Å². The Labute approximate surface area is 217 Å². The van der Waals surface area contributed by atoms with Crippen LogP contribution in [0.25, 0.3) is 66.4 Å². The molecule has 4 heterocycles. The second-order valence-electron chi connectivity index (χ2n) is 9.32. The zero-order valence-electron chi connectivity index (χ0n) is 20.2. The predicted molar refractivity (Wildman–Crippen MR) is 152 cm³/mol. The summed E-state index contributed by atoms with van der Waals surface area (Å²) in [4.78, 5) is 17.7. The van der Waals surface area contributed by atoms with E-state index in [0.29, 0.717) is 0 Å². The van der Waals surface area contributed by atoms with Crippen LogP contribution in [0.2, 0.25) is 0 Å². The number of nitrogens with zero attached hydrogens (tertiary/aromatic N) is 6. The van der Waals surface area contributed by atoms with E-state index in [4.69, 9.17) is 0 Å². The standard InChI is InChI=1S/C32H20N6/c1-3-7-29-25(5-1)27-17-33-19-35-31(27)37(29)23-13-9-21(10-14-23)22-11-15-24(16-12-22)38-30-8-4-2-6-26(30)28-18-34-20-36-32(28)38/h1-20H. The molecule has 38 heavy (non-hydrogen) atoms. The first-order valence-corrected chi connectivity index (χ1v) is 12.5. The van der Waals surface area contributed by atoms with Gasteiger partial charge >= 0.3 is 0 Å². The molecule has 0 saturated carbocycles. The van der Waals surface area contributed by atoms with Crippen molar-refractivity contribution in [3.63, 3.8) is 0 Å². The Bertz CT molecular complexity index is 1860. The average molecular weight is 489 g/mol. The summed E-state index contributed by atoms with van der Waals surface area (Å²) in [7, 11) is 0. The molecule has 0 aliphatic heterocycles. The summed E-state index contributed by atoms with van der Waals surface area (Å²) in [5.41, 5.74) is 8.51. The van der Waals surface area contributed by atoms with Gasteiger partial charge in [0.1, 0.15) is 23.9 Å². The molecular weight excluding hydrogens is 468 g/mol. The summed E-state index contributed by atoms with van der Waals surface area (Å²) in [6.07, 6.45) is 6.99. The van der Waals surface area contributed by atoms with Gasteiger partial charge in [0.25, 0.3) is 0 Å². The number of hydrogen-bond acceptors (Lipinski definition) is 4. The zero-order valence-corrected chi connectivity index (χ0v) is 20.2. The minimum Gasteiger partial charge on any atom is -0.294 e. The van der Waals surface area contributed by atoms with Gasteiger partial charge in [-0.05, 0) is 47.5 Å². The molecule has 0 spiro atoms. The molecule has 0 atom stereocenters. The highest BCUT2D eigenvalue weighted by Crippen LogP contribution is 2.33. The van der Waals surface area contributed by atoms with Gasteiger partial charge in [-0.3, -0.25) is 9.13 Å². The zero-order chi connectivity index (χ0) is 25.1. The van der Waals surface area contributed by atoms with Gasteiger partial charge < -0.3 is 0 Å². The molecule has 0 aliphatic rings. The minimum atomic E-state index is 0.910. The summed E-state index contributed by atoms with van der Waals surface area (Å²) < 4.78 is 4.40. The lowest BCUT2D eigenvalue weighted by atomic mass is 10.0. The normalized spacial score (nSPS) is 11.7. The highest BCUT2D eigenvalue weighted by Gasteiger charge is 2.14. The lowest BCUT2D eigenvalue weighted by molar-refractivity contribution is 1.11. The molecule has 4 aromatic heterocycles. The van der Waals surface area contributed by atoms with E-state index in [1.807, 2.05) is 12.4 Å². The van der Waals surface area contributed by atoms with Crippen LogP contribution in [0.4, 0.5) is 0 Å². The minimum absolute atomic E-state index is 0.910. The van der Waals surface area contributed by atoms with Crippen LogP contribution in [0.3, 0.4) is 0 Å². The molecule has 0 saturated heterocycles. The second-order valence-corrected chi connectivity index (χ2v) is 9.32. The predicted octanol–water partition coefficient (Wildman–Crippen LogP) is 7.13. The molecule has 6 nitrogen and oxygen atoms in total. The quantitative estimate of drug-likeness (QED) is 0.265. The van der Waals surface area contributed by atoms with Crippen LogP contribution in [0.15, 0.2) is 122 Å². The van der Waals surface area contributed by atoms with Crippen LogP contribution in [-0.2, 0) is 0 Å². The fraction of sp³-hybridized carbons (Fsp3) is 0. The molecule has 178 valence electrons. The van der Waals surface area contributed by atoms with Gasteiger partial charge in [0.2, 0.25) is 0 Å². The molecule has 0 N–H and O–H groups in total. The monoisotopic (exact) mass is 488 g/mol. The number of hydrogen-bond donors (Lipinski definition) is 0.